The van der Waals surface area contributed by atoms with Crippen LogP contribution in [0.3, 0.4) is 0 Å². The van der Waals surface area contributed by atoms with Gasteiger partial charge in [-0.15, -0.1) is 0 Å². The number of furan rings is 1. The molecule has 0 aliphatic rings. The van der Waals surface area contributed by atoms with Crippen molar-refractivity contribution in [3.63, 3.8) is 0 Å². The van der Waals surface area contributed by atoms with Gasteiger partial charge in [0.1, 0.15) is 12.2 Å². The molecule has 5 nitrogen and oxygen atoms in total. The van der Waals surface area contributed by atoms with E-state index in [0.29, 0.717) is 5.58 Å². The third-order valence-corrected chi connectivity index (χ3v) is 3.17. The number of carbonyl (C=O) groups is 2. The number of rotatable bonds is 4. The van der Waals surface area contributed by atoms with Crippen molar-refractivity contribution in [2.24, 2.45) is 0 Å². The molecule has 2 rings (SSSR count). The summed E-state index contributed by atoms with van der Waals surface area (Å²) >= 11 is 0. The molecule has 5 heteroatoms. The van der Waals surface area contributed by atoms with Gasteiger partial charge in [-0.2, -0.15) is 0 Å². The van der Waals surface area contributed by atoms with Crippen LogP contribution < -0.4 is 5.32 Å². The summed E-state index contributed by atoms with van der Waals surface area (Å²) < 4.78 is 10.5. The van der Waals surface area contributed by atoms with E-state index in [-0.39, 0.29) is 24.7 Å². The van der Waals surface area contributed by atoms with Gasteiger partial charge in [0.15, 0.2) is 0 Å². The fourth-order valence-electron chi connectivity index (χ4n) is 1.84. The van der Waals surface area contributed by atoms with Gasteiger partial charge in [-0.05, 0) is 43.2 Å². The van der Waals surface area contributed by atoms with Crippen LogP contribution in [-0.4, -0.2) is 25.5 Å². The van der Waals surface area contributed by atoms with Crippen LogP contribution >= 0.6 is 0 Å². The smallest absolute Gasteiger partial charge is 0.374 e. The van der Waals surface area contributed by atoms with E-state index in [0.717, 1.165) is 16.5 Å². The van der Waals surface area contributed by atoms with Crippen molar-refractivity contribution in [1.82, 2.24) is 5.32 Å². The summed E-state index contributed by atoms with van der Waals surface area (Å²) in [5.74, 6) is -0.573. The Morgan fingerprint density at radius 2 is 1.90 bits per heavy atom. The third-order valence-electron chi connectivity index (χ3n) is 3.17. The number of hydrogen-bond donors (Lipinski definition) is 1. The van der Waals surface area contributed by atoms with E-state index in [4.69, 9.17) is 9.15 Å². The molecule has 1 amide bonds. The lowest BCUT2D eigenvalue weighted by atomic mass is 10.1. The minimum Gasteiger partial charge on any atom is -0.459 e. The summed E-state index contributed by atoms with van der Waals surface area (Å²) in [6.45, 7) is 4.02. The lowest BCUT2D eigenvalue weighted by Gasteiger charge is -2.01. The molecule has 1 N–H and O–H groups in total. The molecule has 0 aliphatic heterocycles. The van der Waals surface area contributed by atoms with Gasteiger partial charge < -0.3 is 14.5 Å². The SMILES string of the molecule is CNC(=O)CCOC(=O)c1cc2cc(C)c(C)cc2o1. The summed E-state index contributed by atoms with van der Waals surface area (Å²) in [6.07, 6.45) is 0.140. The van der Waals surface area contributed by atoms with Crippen molar-refractivity contribution in [3.8, 4) is 0 Å². The van der Waals surface area contributed by atoms with Crippen molar-refractivity contribution < 1.29 is 18.7 Å². The van der Waals surface area contributed by atoms with Crippen molar-refractivity contribution in [3.05, 3.63) is 35.1 Å². The molecular weight excluding hydrogens is 258 g/mol. The predicted octanol–water partition coefficient (Wildman–Crippen LogP) is 2.34. The number of hydrogen-bond acceptors (Lipinski definition) is 4. The molecule has 1 heterocycles. The molecule has 0 aliphatic carbocycles. The van der Waals surface area contributed by atoms with E-state index >= 15 is 0 Å². The summed E-state index contributed by atoms with van der Waals surface area (Å²) in [4.78, 5) is 22.8. The molecule has 0 fully saturated rings. The Labute approximate surface area is 116 Å². The Bertz CT molecular complexity index is 618. The fourth-order valence-corrected chi connectivity index (χ4v) is 1.84. The zero-order chi connectivity index (χ0) is 14.7. The van der Waals surface area contributed by atoms with Crippen LogP contribution in [0.15, 0.2) is 22.6 Å². The van der Waals surface area contributed by atoms with Crippen LogP contribution in [0.1, 0.15) is 28.1 Å². The van der Waals surface area contributed by atoms with E-state index in [2.05, 4.69) is 5.32 Å². The third kappa shape index (κ3) is 2.99. The summed E-state index contributed by atoms with van der Waals surface area (Å²) in [5.41, 5.74) is 2.90. The van der Waals surface area contributed by atoms with Gasteiger partial charge in [0, 0.05) is 12.4 Å². The highest BCUT2D eigenvalue weighted by atomic mass is 16.5. The molecule has 0 radical (unpaired) electrons. The zero-order valence-corrected chi connectivity index (χ0v) is 11.8. The molecule has 0 unspecified atom stereocenters. The molecule has 20 heavy (non-hydrogen) atoms. The number of aryl methyl sites for hydroxylation is 2. The molecule has 1 aromatic heterocycles. The Balaban J connectivity index is 2.09. The number of benzene rings is 1. The lowest BCUT2D eigenvalue weighted by molar-refractivity contribution is -0.121. The Kier molecular flexibility index (Phi) is 4.08. The second-order valence-corrected chi connectivity index (χ2v) is 4.64. The molecule has 0 spiro atoms. The second kappa shape index (κ2) is 5.77. The van der Waals surface area contributed by atoms with Gasteiger partial charge in [-0.3, -0.25) is 4.79 Å². The number of esters is 1. The largest absolute Gasteiger partial charge is 0.459 e. The van der Waals surface area contributed by atoms with Gasteiger partial charge in [0.05, 0.1) is 6.42 Å². The molecule has 1 aromatic carbocycles. The highest BCUT2D eigenvalue weighted by Crippen LogP contribution is 2.23. The van der Waals surface area contributed by atoms with E-state index in [1.54, 1.807) is 6.07 Å². The van der Waals surface area contributed by atoms with Crippen LogP contribution in [0.5, 0.6) is 0 Å². The minimum absolute atomic E-state index is 0.0353. The van der Waals surface area contributed by atoms with Crippen LogP contribution in [0, 0.1) is 13.8 Å². The van der Waals surface area contributed by atoms with Crippen molar-refractivity contribution in [2.45, 2.75) is 20.3 Å². The standard InChI is InChI=1S/C15H17NO4/c1-9-6-11-8-13(20-12(11)7-10(9)2)15(18)19-5-4-14(17)16-3/h6-8H,4-5H2,1-3H3,(H,16,17). The maximum absolute atomic E-state index is 11.8. The Morgan fingerprint density at radius 1 is 1.20 bits per heavy atom. The maximum Gasteiger partial charge on any atom is 0.374 e. The lowest BCUT2D eigenvalue weighted by Crippen LogP contribution is -2.20. The van der Waals surface area contributed by atoms with Crippen molar-refractivity contribution in [1.29, 1.82) is 0 Å². The number of fused-ring (bicyclic) bond motifs is 1. The van der Waals surface area contributed by atoms with Crippen LogP contribution in [0.25, 0.3) is 11.0 Å². The normalized spacial score (nSPS) is 10.6. The van der Waals surface area contributed by atoms with Gasteiger partial charge in [0.25, 0.3) is 0 Å². The van der Waals surface area contributed by atoms with E-state index in [1.165, 1.54) is 7.05 Å². The molecule has 0 bridgehead atoms. The van der Waals surface area contributed by atoms with Crippen LogP contribution in [-0.2, 0) is 9.53 Å². The highest BCUT2D eigenvalue weighted by Gasteiger charge is 2.14. The number of nitrogens with one attached hydrogen (secondary N) is 1. The first kappa shape index (κ1) is 14.1. The zero-order valence-electron chi connectivity index (χ0n) is 11.8. The number of carbonyl (C=O) groups excluding carboxylic acids is 2. The van der Waals surface area contributed by atoms with E-state index in [1.807, 2.05) is 26.0 Å². The topological polar surface area (TPSA) is 68.5 Å². The molecule has 2 aromatic rings. The summed E-state index contributed by atoms with van der Waals surface area (Å²) in [6, 6.07) is 5.52. The van der Waals surface area contributed by atoms with Gasteiger partial charge in [-0.1, -0.05) is 0 Å². The average molecular weight is 275 g/mol. The molecule has 0 saturated heterocycles. The second-order valence-electron chi connectivity index (χ2n) is 4.64. The summed E-state index contributed by atoms with van der Waals surface area (Å²) in [5, 5.41) is 3.33. The first-order valence-electron chi connectivity index (χ1n) is 6.39. The fraction of sp³-hybridized carbons (Fsp3) is 0.333. The van der Waals surface area contributed by atoms with Gasteiger partial charge >= 0.3 is 5.97 Å². The quantitative estimate of drug-likeness (QED) is 0.870. The first-order chi connectivity index (χ1) is 9.51. The highest BCUT2D eigenvalue weighted by molar-refractivity contribution is 5.93. The number of amides is 1. The molecule has 0 saturated carbocycles. The van der Waals surface area contributed by atoms with Crippen LogP contribution in [0.2, 0.25) is 0 Å². The van der Waals surface area contributed by atoms with Crippen molar-refractivity contribution >= 4 is 22.8 Å². The first-order valence-corrected chi connectivity index (χ1v) is 6.39. The minimum atomic E-state index is -0.555. The van der Waals surface area contributed by atoms with E-state index < -0.39 is 5.97 Å². The monoisotopic (exact) mass is 275 g/mol. The molecular formula is C15H17NO4. The maximum atomic E-state index is 11.8. The number of ether oxygens (including phenoxy) is 1. The van der Waals surface area contributed by atoms with Gasteiger partial charge in [0.2, 0.25) is 11.7 Å². The molecule has 106 valence electrons. The van der Waals surface area contributed by atoms with Gasteiger partial charge in [-0.25, -0.2) is 4.79 Å². The Hall–Kier alpha value is -2.30. The summed E-state index contributed by atoms with van der Waals surface area (Å²) in [7, 11) is 1.54. The van der Waals surface area contributed by atoms with Crippen LogP contribution in [0.4, 0.5) is 0 Å². The van der Waals surface area contributed by atoms with Crippen molar-refractivity contribution in [2.75, 3.05) is 13.7 Å². The average Bonchev–Trinajstić information content (AvgIpc) is 2.81. The van der Waals surface area contributed by atoms with E-state index in [9.17, 15) is 9.59 Å². The molecule has 0 atom stereocenters. The Morgan fingerprint density at radius 3 is 2.60 bits per heavy atom. The predicted molar refractivity (Wildman–Crippen MR) is 74.7 cm³/mol.